The minimum atomic E-state index is 0.0589. The molecule has 0 radical (unpaired) electrons. The Balaban J connectivity index is 1.28. The Morgan fingerprint density at radius 3 is 2.71 bits per heavy atom. The van der Waals surface area contributed by atoms with Gasteiger partial charge in [-0.15, -0.1) is 11.3 Å². The van der Waals surface area contributed by atoms with Crippen molar-refractivity contribution in [1.29, 1.82) is 0 Å². The topological polar surface area (TPSA) is 38.1 Å². The number of aryl methyl sites for hydroxylation is 1. The van der Waals surface area contributed by atoms with E-state index in [0.29, 0.717) is 0 Å². The molecule has 7 heteroatoms. The summed E-state index contributed by atoms with van der Waals surface area (Å²) in [5.41, 5.74) is 1.87. The number of thiophene rings is 1. The predicted octanol–water partition coefficient (Wildman–Crippen LogP) is 5.33. The number of rotatable bonds is 6. The third-order valence-corrected chi connectivity index (χ3v) is 8.91. The van der Waals surface area contributed by atoms with Crippen LogP contribution in [0.1, 0.15) is 24.1 Å². The number of piperidine rings is 1. The smallest absolute Gasteiger partial charge is 0.251 e. The van der Waals surface area contributed by atoms with Crippen LogP contribution in [0.2, 0.25) is 0 Å². The molecule has 0 aromatic carbocycles. The maximum absolute atomic E-state index is 12.3. The van der Waals surface area contributed by atoms with Crippen LogP contribution in [0.4, 0.5) is 0 Å². The van der Waals surface area contributed by atoms with Crippen LogP contribution in [0.5, 0.6) is 0 Å². The highest BCUT2D eigenvalue weighted by Gasteiger charge is 2.19. The number of hydrogen-bond donors (Lipinski definition) is 0. The summed E-state index contributed by atoms with van der Waals surface area (Å²) in [4.78, 5) is 20.6. The van der Waals surface area contributed by atoms with Gasteiger partial charge in [-0.1, -0.05) is 0 Å². The van der Waals surface area contributed by atoms with Crippen molar-refractivity contribution in [2.24, 2.45) is 5.92 Å². The SMILES string of the molecule is O=c1ccc2ncccc2n1CCN1CCC(CCc2cc(Br)c(Br)s2)CC1. The molecule has 4 nitrogen and oxygen atoms in total. The van der Waals surface area contributed by atoms with Crippen molar-refractivity contribution in [3.05, 3.63) is 60.0 Å². The van der Waals surface area contributed by atoms with Gasteiger partial charge in [-0.2, -0.15) is 0 Å². The second kappa shape index (κ2) is 9.20. The standard InChI is InChI=1S/C21H23Br2N3OS/c22-17-14-16(28-21(17)23)4-3-15-7-10-25(11-8-15)12-13-26-19-2-1-9-24-18(19)5-6-20(26)27/h1-2,5-6,9,14-15H,3-4,7-8,10-13H2. The van der Waals surface area contributed by atoms with Crippen molar-refractivity contribution in [2.45, 2.75) is 32.2 Å². The summed E-state index contributed by atoms with van der Waals surface area (Å²) >= 11 is 8.99. The fraction of sp³-hybridized carbons (Fsp3) is 0.429. The summed E-state index contributed by atoms with van der Waals surface area (Å²) in [6, 6.07) is 9.56. The van der Waals surface area contributed by atoms with Gasteiger partial charge >= 0.3 is 0 Å². The first-order valence-corrected chi connectivity index (χ1v) is 12.1. The van der Waals surface area contributed by atoms with E-state index in [1.54, 1.807) is 12.3 Å². The Morgan fingerprint density at radius 1 is 1.14 bits per heavy atom. The van der Waals surface area contributed by atoms with Gasteiger partial charge in [-0.3, -0.25) is 9.78 Å². The lowest BCUT2D eigenvalue weighted by molar-refractivity contribution is 0.174. The molecule has 0 amide bonds. The molecule has 0 unspecified atom stereocenters. The van der Waals surface area contributed by atoms with Crippen LogP contribution < -0.4 is 5.56 Å². The number of halogens is 2. The molecular formula is C21H23Br2N3OS. The zero-order valence-electron chi connectivity index (χ0n) is 15.6. The van der Waals surface area contributed by atoms with Crippen LogP contribution in [0.3, 0.4) is 0 Å². The van der Waals surface area contributed by atoms with Crippen LogP contribution in [0, 0.1) is 5.92 Å². The first-order valence-electron chi connectivity index (χ1n) is 9.71. The van der Waals surface area contributed by atoms with Crippen molar-refractivity contribution in [3.63, 3.8) is 0 Å². The van der Waals surface area contributed by atoms with Gasteiger partial charge < -0.3 is 9.47 Å². The van der Waals surface area contributed by atoms with Gasteiger partial charge in [-0.05, 0) is 101 Å². The minimum Gasteiger partial charge on any atom is -0.305 e. The van der Waals surface area contributed by atoms with Crippen molar-refractivity contribution < 1.29 is 0 Å². The lowest BCUT2D eigenvalue weighted by atomic mass is 9.92. The van der Waals surface area contributed by atoms with E-state index >= 15 is 0 Å². The molecule has 4 rings (SSSR count). The van der Waals surface area contributed by atoms with Crippen molar-refractivity contribution in [1.82, 2.24) is 14.5 Å². The second-order valence-electron chi connectivity index (χ2n) is 7.39. The minimum absolute atomic E-state index is 0.0589. The highest BCUT2D eigenvalue weighted by molar-refractivity contribution is 9.13. The van der Waals surface area contributed by atoms with E-state index in [9.17, 15) is 4.79 Å². The van der Waals surface area contributed by atoms with Crippen molar-refractivity contribution in [2.75, 3.05) is 19.6 Å². The molecule has 1 saturated heterocycles. The Morgan fingerprint density at radius 2 is 1.96 bits per heavy atom. The van der Waals surface area contributed by atoms with Crippen LogP contribution >= 0.6 is 43.2 Å². The number of nitrogens with zero attached hydrogens (tertiary/aromatic N) is 3. The molecule has 1 fully saturated rings. The summed E-state index contributed by atoms with van der Waals surface area (Å²) in [5, 5.41) is 0. The van der Waals surface area contributed by atoms with Crippen LogP contribution in [0.25, 0.3) is 11.0 Å². The maximum Gasteiger partial charge on any atom is 0.251 e. The highest BCUT2D eigenvalue weighted by Crippen LogP contribution is 2.34. The van der Waals surface area contributed by atoms with E-state index < -0.39 is 0 Å². The number of aromatic nitrogens is 2. The van der Waals surface area contributed by atoms with Crippen molar-refractivity contribution >= 4 is 54.2 Å². The summed E-state index contributed by atoms with van der Waals surface area (Å²) in [5.74, 6) is 0.806. The fourth-order valence-electron chi connectivity index (χ4n) is 3.96. The summed E-state index contributed by atoms with van der Waals surface area (Å²) in [7, 11) is 0. The molecule has 1 aliphatic heterocycles. The monoisotopic (exact) mass is 523 g/mol. The Kier molecular flexibility index (Phi) is 6.66. The van der Waals surface area contributed by atoms with Crippen LogP contribution in [-0.4, -0.2) is 34.1 Å². The average Bonchev–Trinajstić information content (AvgIpc) is 3.04. The molecule has 0 N–H and O–H groups in total. The first-order chi connectivity index (χ1) is 13.6. The molecule has 0 spiro atoms. The van der Waals surface area contributed by atoms with Gasteiger partial charge in [0.15, 0.2) is 0 Å². The molecule has 3 aromatic rings. The summed E-state index contributed by atoms with van der Waals surface area (Å²) in [6.07, 6.45) is 6.70. The maximum atomic E-state index is 12.3. The van der Waals surface area contributed by atoms with Crippen molar-refractivity contribution in [3.8, 4) is 0 Å². The van der Waals surface area contributed by atoms with E-state index in [0.717, 1.165) is 49.6 Å². The van der Waals surface area contributed by atoms with E-state index in [4.69, 9.17) is 0 Å². The van der Waals surface area contributed by atoms with E-state index in [1.165, 1.54) is 32.4 Å². The number of likely N-dealkylation sites (tertiary alicyclic amines) is 1. The van der Waals surface area contributed by atoms with Gasteiger partial charge in [0.1, 0.15) is 0 Å². The van der Waals surface area contributed by atoms with Gasteiger partial charge in [0, 0.05) is 34.7 Å². The number of pyridine rings is 2. The second-order valence-corrected chi connectivity index (χ2v) is 10.7. The summed E-state index contributed by atoms with van der Waals surface area (Å²) in [6.45, 7) is 3.90. The average molecular weight is 525 g/mol. The van der Waals surface area contributed by atoms with Crippen LogP contribution in [-0.2, 0) is 13.0 Å². The van der Waals surface area contributed by atoms with Gasteiger partial charge in [-0.25, -0.2) is 0 Å². The third-order valence-electron chi connectivity index (χ3n) is 5.60. The quantitative estimate of drug-likeness (QED) is 0.437. The first kappa shape index (κ1) is 20.3. The van der Waals surface area contributed by atoms with Gasteiger partial charge in [0.05, 0.1) is 14.8 Å². The van der Waals surface area contributed by atoms with Gasteiger partial charge in [0.2, 0.25) is 0 Å². The van der Waals surface area contributed by atoms with Crippen LogP contribution in [0.15, 0.2) is 49.6 Å². The number of hydrogen-bond acceptors (Lipinski definition) is 4. The lowest BCUT2D eigenvalue weighted by Gasteiger charge is -2.32. The molecule has 0 saturated carbocycles. The molecule has 0 aliphatic carbocycles. The molecular weight excluding hydrogens is 502 g/mol. The predicted molar refractivity (Wildman–Crippen MR) is 123 cm³/mol. The highest BCUT2D eigenvalue weighted by atomic mass is 79.9. The molecule has 1 aliphatic rings. The van der Waals surface area contributed by atoms with E-state index in [-0.39, 0.29) is 5.56 Å². The third kappa shape index (κ3) is 4.75. The lowest BCUT2D eigenvalue weighted by Crippen LogP contribution is -2.37. The fourth-order valence-corrected chi connectivity index (χ4v) is 6.15. The Bertz CT molecular complexity index is 989. The molecule has 0 atom stereocenters. The zero-order chi connectivity index (χ0) is 19.5. The van der Waals surface area contributed by atoms with E-state index in [2.05, 4.69) is 47.8 Å². The molecule has 0 bridgehead atoms. The zero-order valence-corrected chi connectivity index (χ0v) is 19.6. The largest absolute Gasteiger partial charge is 0.305 e. The Hall–Kier alpha value is -1.02. The molecule has 4 heterocycles. The molecule has 3 aromatic heterocycles. The normalized spacial score (nSPS) is 16.1. The molecule has 28 heavy (non-hydrogen) atoms. The Labute approximate surface area is 185 Å². The van der Waals surface area contributed by atoms with Gasteiger partial charge in [0.25, 0.3) is 5.56 Å². The summed E-state index contributed by atoms with van der Waals surface area (Å²) < 4.78 is 4.22. The molecule has 148 valence electrons. The number of fused-ring (bicyclic) bond motifs is 1. The van der Waals surface area contributed by atoms with E-state index in [1.807, 2.05) is 34.1 Å².